The van der Waals surface area contributed by atoms with Crippen molar-refractivity contribution in [3.8, 4) is 5.75 Å². The fourth-order valence-electron chi connectivity index (χ4n) is 2.68. The molecule has 2 aromatic carbocycles. The van der Waals surface area contributed by atoms with E-state index in [1.54, 1.807) is 48.5 Å². The third-order valence-corrected chi connectivity index (χ3v) is 4.41. The van der Waals surface area contributed by atoms with Gasteiger partial charge in [0.15, 0.2) is 0 Å². The number of para-hydroxylation sites is 1. The smallest absolute Gasteiger partial charge is 0.255 e. The van der Waals surface area contributed by atoms with Crippen LogP contribution in [0.3, 0.4) is 0 Å². The highest BCUT2D eigenvalue weighted by molar-refractivity contribution is 5.98. The van der Waals surface area contributed by atoms with Crippen molar-refractivity contribution in [2.75, 3.05) is 25.5 Å². The van der Waals surface area contributed by atoms with Crippen LogP contribution in [0.5, 0.6) is 5.75 Å². The first-order valence-electron chi connectivity index (χ1n) is 9.19. The molecule has 0 spiro atoms. The van der Waals surface area contributed by atoms with Gasteiger partial charge in [-0.05, 0) is 49.2 Å². The molecule has 1 fully saturated rings. The van der Waals surface area contributed by atoms with Gasteiger partial charge in [-0.15, -0.1) is 0 Å². The van der Waals surface area contributed by atoms with Crippen molar-refractivity contribution in [1.29, 1.82) is 0 Å². The standard InChI is InChI=1S/C21H23N3O4/c1-28-18-5-3-2-4-17(18)21(27)23-13-12-22-19(25)14-8-10-16(11-9-14)24-20(26)15-6-7-15/h2-5,8-11,15H,6-7,12-13H2,1H3,(H,22,25)(H,23,27)(H,24,26). The van der Waals surface area contributed by atoms with Gasteiger partial charge in [0.1, 0.15) is 5.75 Å². The number of rotatable bonds is 8. The predicted molar refractivity (Wildman–Crippen MR) is 105 cm³/mol. The fraction of sp³-hybridized carbons (Fsp3) is 0.286. The molecule has 0 unspecified atom stereocenters. The van der Waals surface area contributed by atoms with Crippen LogP contribution in [0, 0.1) is 5.92 Å². The highest BCUT2D eigenvalue weighted by atomic mass is 16.5. The molecule has 3 amide bonds. The average Bonchev–Trinajstić information content (AvgIpc) is 3.57. The first-order valence-corrected chi connectivity index (χ1v) is 9.19. The predicted octanol–water partition coefficient (Wildman–Crippen LogP) is 2.20. The molecule has 0 saturated heterocycles. The topological polar surface area (TPSA) is 96.5 Å². The Morgan fingerprint density at radius 2 is 1.57 bits per heavy atom. The second-order valence-corrected chi connectivity index (χ2v) is 6.55. The maximum Gasteiger partial charge on any atom is 0.255 e. The lowest BCUT2D eigenvalue weighted by molar-refractivity contribution is -0.117. The zero-order valence-electron chi connectivity index (χ0n) is 15.7. The van der Waals surface area contributed by atoms with E-state index in [0.717, 1.165) is 12.8 Å². The molecule has 3 rings (SSSR count). The Balaban J connectivity index is 1.42. The molecule has 0 aromatic heterocycles. The zero-order valence-corrected chi connectivity index (χ0v) is 15.7. The van der Waals surface area contributed by atoms with Crippen LogP contribution in [0.4, 0.5) is 5.69 Å². The number of carbonyl (C=O) groups is 3. The first-order chi connectivity index (χ1) is 13.6. The Morgan fingerprint density at radius 3 is 2.21 bits per heavy atom. The maximum atomic E-state index is 12.2. The van der Waals surface area contributed by atoms with Crippen LogP contribution in [-0.4, -0.2) is 37.9 Å². The molecule has 7 nitrogen and oxygen atoms in total. The lowest BCUT2D eigenvalue weighted by Crippen LogP contribution is -2.34. The number of benzene rings is 2. The van der Waals surface area contributed by atoms with Crippen molar-refractivity contribution < 1.29 is 19.1 Å². The summed E-state index contributed by atoms with van der Waals surface area (Å²) < 4.78 is 5.16. The molecular formula is C21H23N3O4. The minimum atomic E-state index is -0.262. The van der Waals surface area contributed by atoms with Gasteiger partial charge in [0, 0.05) is 30.3 Å². The Labute approximate surface area is 163 Å². The van der Waals surface area contributed by atoms with Gasteiger partial charge in [-0.25, -0.2) is 0 Å². The van der Waals surface area contributed by atoms with Crippen LogP contribution in [0.2, 0.25) is 0 Å². The Kier molecular flexibility index (Phi) is 6.26. The summed E-state index contributed by atoms with van der Waals surface area (Å²) in [6, 6.07) is 13.7. The van der Waals surface area contributed by atoms with Gasteiger partial charge in [-0.3, -0.25) is 14.4 Å². The summed E-state index contributed by atoms with van der Waals surface area (Å²) in [6.45, 7) is 0.581. The monoisotopic (exact) mass is 381 g/mol. The number of hydrogen-bond donors (Lipinski definition) is 3. The van der Waals surface area contributed by atoms with E-state index in [1.807, 2.05) is 0 Å². The van der Waals surface area contributed by atoms with E-state index >= 15 is 0 Å². The van der Waals surface area contributed by atoms with Gasteiger partial charge in [-0.2, -0.15) is 0 Å². The van der Waals surface area contributed by atoms with Crippen LogP contribution in [0.1, 0.15) is 33.6 Å². The van der Waals surface area contributed by atoms with Crippen LogP contribution < -0.4 is 20.7 Å². The van der Waals surface area contributed by atoms with Crippen molar-refractivity contribution in [2.45, 2.75) is 12.8 Å². The molecule has 0 heterocycles. The molecule has 2 aromatic rings. The number of methoxy groups -OCH3 is 1. The van der Waals surface area contributed by atoms with E-state index in [2.05, 4.69) is 16.0 Å². The van der Waals surface area contributed by atoms with Crippen LogP contribution in [0.25, 0.3) is 0 Å². The highest BCUT2D eigenvalue weighted by Crippen LogP contribution is 2.30. The van der Waals surface area contributed by atoms with E-state index in [1.165, 1.54) is 7.11 Å². The van der Waals surface area contributed by atoms with Crippen molar-refractivity contribution >= 4 is 23.4 Å². The van der Waals surface area contributed by atoms with E-state index in [-0.39, 0.29) is 30.2 Å². The summed E-state index contributed by atoms with van der Waals surface area (Å²) >= 11 is 0. The Hall–Kier alpha value is -3.35. The summed E-state index contributed by atoms with van der Waals surface area (Å²) in [7, 11) is 1.51. The van der Waals surface area contributed by atoms with Crippen LogP contribution in [0.15, 0.2) is 48.5 Å². The summed E-state index contributed by atoms with van der Waals surface area (Å²) in [5.41, 5.74) is 1.61. The summed E-state index contributed by atoms with van der Waals surface area (Å²) in [4.78, 5) is 36.1. The summed E-state index contributed by atoms with van der Waals surface area (Å²) in [6.07, 6.45) is 1.89. The van der Waals surface area contributed by atoms with Gasteiger partial charge < -0.3 is 20.7 Å². The molecule has 0 radical (unpaired) electrons. The van der Waals surface area contributed by atoms with Crippen molar-refractivity contribution in [3.63, 3.8) is 0 Å². The number of carbonyl (C=O) groups excluding carboxylic acids is 3. The number of nitrogens with one attached hydrogen (secondary N) is 3. The number of hydrogen-bond acceptors (Lipinski definition) is 4. The first kappa shape index (κ1) is 19.4. The quantitative estimate of drug-likeness (QED) is 0.611. The second kappa shape index (κ2) is 9.03. The molecule has 7 heteroatoms. The zero-order chi connectivity index (χ0) is 19.9. The van der Waals surface area contributed by atoms with Crippen LogP contribution in [-0.2, 0) is 4.79 Å². The molecule has 1 saturated carbocycles. The van der Waals surface area contributed by atoms with Crippen molar-refractivity contribution in [3.05, 3.63) is 59.7 Å². The van der Waals surface area contributed by atoms with Gasteiger partial charge in [0.25, 0.3) is 11.8 Å². The maximum absolute atomic E-state index is 12.2. The van der Waals surface area contributed by atoms with Crippen LogP contribution >= 0.6 is 0 Å². The third kappa shape index (κ3) is 5.09. The normalized spacial score (nSPS) is 12.8. The molecule has 1 aliphatic rings. The molecular weight excluding hydrogens is 358 g/mol. The average molecular weight is 381 g/mol. The molecule has 28 heavy (non-hydrogen) atoms. The van der Waals surface area contributed by atoms with Gasteiger partial charge >= 0.3 is 0 Å². The largest absolute Gasteiger partial charge is 0.496 e. The van der Waals surface area contributed by atoms with Gasteiger partial charge in [-0.1, -0.05) is 12.1 Å². The third-order valence-electron chi connectivity index (χ3n) is 4.41. The Morgan fingerprint density at radius 1 is 0.929 bits per heavy atom. The van der Waals surface area contributed by atoms with Crippen molar-refractivity contribution in [1.82, 2.24) is 10.6 Å². The van der Waals surface area contributed by atoms with E-state index in [4.69, 9.17) is 4.74 Å². The minimum Gasteiger partial charge on any atom is -0.496 e. The van der Waals surface area contributed by atoms with Gasteiger partial charge in [0.2, 0.25) is 5.91 Å². The molecule has 3 N–H and O–H groups in total. The molecule has 0 aliphatic heterocycles. The lowest BCUT2D eigenvalue weighted by Gasteiger charge is -2.10. The second-order valence-electron chi connectivity index (χ2n) is 6.55. The molecule has 0 atom stereocenters. The lowest BCUT2D eigenvalue weighted by atomic mass is 10.2. The van der Waals surface area contributed by atoms with Gasteiger partial charge in [0.05, 0.1) is 12.7 Å². The Bertz CT molecular complexity index is 860. The number of anilines is 1. The molecule has 0 bridgehead atoms. The fourth-order valence-corrected chi connectivity index (χ4v) is 2.68. The highest BCUT2D eigenvalue weighted by Gasteiger charge is 2.29. The number of amides is 3. The van der Waals surface area contributed by atoms with E-state index < -0.39 is 0 Å². The van der Waals surface area contributed by atoms with E-state index in [9.17, 15) is 14.4 Å². The SMILES string of the molecule is COc1ccccc1C(=O)NCCNC(=O)c1ccc(NC(=O)C2CC2)cc1. The van der Waals surface area contributed by atoms with Crippen molar-refractivity contribution in [2.24, 2.45) is 5.92 Å². The number of ether oxygens (including phenoxy) is 1. The summed E-state index contributed by atoms with van der Waals surface area (Å²) in [5, 5.41) is 8.33. The van der Waals surface area contributed by atoms with E-state index in [0.29, 0.717) is 29.1 Å². The molecule has 146 valence electrons. The minimum absolute atomic E-state index is 0.0305. The molecule has 1 aliphatic carbocycles. The summed E-state index contributed by atoms with van der Waals surface area (Å²) in [5.74, 6) is 0.156.